The summed E-state index contributed by atoms with van der Waals surface area (Å²) in [5.74, 6) is 0. The molecule has 310 valence electrons. The Balaban J connectivity index is 1.01. The predicted octanol–water partition coefficient (Wildman–Crippen LogP) is 18.5. The van der Waals surface area contributed by atoms with Crippen LogP contribution in [0.15, 0.2) is 247 Å². The average molecular weight is 861 g/mol. The van der Waals surface area contributed by atoms with Crippen LogP contribution >= 0.6 is 11.3 Å². The van der Waals surface area contributed by atoms with Crippen molar-refractivity contribution in [3.8, 4) is 22.3 Å². The van der Waals surface area contributed by atoms with Crippen LogP contribution in [-0.2, 0) is 0 Å². The number of anilines is 6. The molecule has 0 amide bonds. The molecule has 0 aliphatic heterocycles. The Labute approximate surface area is 386 Å². The first kappa shape index (κ1) is 38.1. The molecule has 0 unspecified atom stereocenters. The van der Waals surface area contributed by atoms with Gasteiger partial charge >= 0.3 is 0 Å². The van der Waals surface area contributed by atoms with E-state index in [0.717, 1.165) is 67.2 Å². The Hall–Kier alpha value is -8.44. The molecule has 0 atom stereocenters. The van der Waals surface area contributed by atoms with Gasteiger partial charge in [-0.3, -0.25) is 0 Å². The molecule has 0 fully saturated rings. The van der Waals surface area contributed by atoms with Crippen LogP contribution in [0.25, 0.3) is 85.9 Å². The van der Waals surface area contributed by atoms with E-state index in [9.17, 15) is 0 Å². The van der Waals surface area contributed by atoms with Crippen LogP contribution in [0.4, 0.5) is 34.1 Å². The number of fused-ring (bicyclic) bond motifs is 11. The van der Waals surface area contributed by atoms with Gasteiger partial charge in [-0.05, 0) is 99.6 Å². The molecule has 0 saturated carbocycles. The highest BCUT2D eigenvalue weighted by Gasteiger charge is 2.24. The fourth-order valence-electron chi connectivity index (χ4n) is 10.0. The first-order valence-corrected chi connectivity index (χ1v) is 23.2. The van der Waals surface area contributed by atoms with Gasteiger partial charge in [0.2, 0.25) is 0 Å². The Kier molecular flexibility index (Phi) is 9.03. The van der Waals surface area contributed by atoms with Crippen molar-refractivity contribution in [1.82, 2.24) is 0 Å². The zero-order chi connectivity index (χ0) is 43.6. The summed E-state index contributed by atoms with van der Waals surface area (Å²) in [6.07, 6.45) is 0. The standard InChI is InChI=1S/C62H40N2OS/c1-4-17-41(18-5-1)42-31-33-45(34-32-42)63(44-21-8-3-9-22-44)46-35-37-53-55(39-46)49-24-10-11-26-51(49)60-54-38-36-47(40-59(54)66-62(53)60)64(56-28-14-12-23-48(56)43-19-6-2-7-20-43)57-29-16-27-52-50-25-13-15-30-58(50)65-61(52)57/h1-40H. The molecule has 13 rings (SSSR count). The van der Waals surface area contributed by atoms with Crippen molar-refractivity contribution in [2.24, 2.45) is 0 Å². The summed E-state index contributed by atoms with van der Waals surface area (Å²) in [5, 5.41) is 9.75. The molecule has 0 aliphatic rings. The minimum Gasteiger partial charge on any atom is -0.454 e. The van der Waals surface area contributed by atoms with E-state index in [2.05, 4.69) is 246 Å². The molecule has 0 N–H and O–H groups in total. The maximum Gasteiger partial charge on any atom is 0.159 e. The minimum atomic E-state index is 0.863. The van der Waals surface area contributed by atoms with Crippen molar-refractivity contribution in [1.29, 1.82) is 0 Å². The van der Waals surface area contributed by atoms with Crippen molar-refractivity contribution in [2.75, 3.05) is 9.80 Å². The Morgan fingerprint density at radius 1 is 0.318 bits per heavy atom. The number of furan rings is 1. The molecule has 13 aromatic rings. The quantitative estimate of drug-likeness (QED) is 0.142. The highest BCUT2D eigenvalue weighted by atomic mass is 32.1. The van der Waals surface area contributed by atoms with Crippen molar-refractivity contribution in [3.05, 3.63) is 243 Å². The third-order valence-electron chi connectivity index (χ3n) is 13.0. The third-order valence-corrected chi connectivity index (χ3v) is 14.2. The Bertz CT molecular complexity index is 3930. The zero-order valence-corrected chi connectivity index (χ0v) is 36.6. The lowest BCUT2D eigenvalue weighted by molar-refractivity contribution is 0.669. The van der Waals surface area contributed by atoms with Crippen LogP contribution in [0.3, 0.4) is 0 Å². The van der Waals surface area contributed by atoms with Gasteiger partial charge in [-0.1, -0.05) is 176 Å². The summed E-state index contributed by atoms with van der Waals surface area (Å²) < 4.78 is 9.27. The number of rotatable bonds is 8. The van der Waals surface area contributed by atoms with Gasteiger partial charge in [-0.25, -0.2) is 0 Å². The van der Waals surface area contributed by atoms with E-state index in [0.29, 0.717) is 0 Å². The van der Waals surface area contributed by atoms with Crippen molar-refractivity contribution in [2.45, 2.75) is 0 Å². The number of benzene rings is 11. The van der Waals surface area contributed by atoms with Crippen LogP contribution in [0.1, 0.15) is 0 Å². The van der Waals surface area contributed by atoms with Crippen molar-refractivity contribution >= 4 is 109 Å². The van der Waals surface area contributed by atoms with Gasteiger partial charge in [0, 0.05) is 64.6 Å². The summed E-state index contributed by atoms with van der Waals surface area (Å²) in [7, 11) is 0. The molecular formula is C62H40N2OS. The smallest absolute Gasteiger partial charge is 0.159 e. The molecule has 2 aromatic heterocycles. The van der Waals surface area contributed by atoms with E-state index in [-0.39, 0.29) is 0 Å². The second-order valence-corrected chi connectivity index (χ2v) is 17.9. The largest absolute Gasteiger partial charge is 0.454 e. The van der Waals surface area contributed by atoms with E-state index >= 15 is 0 Å². The number of nitrogens with zero attached hydrogens (tertiary/aromatic N) is 2. The van der Waals surface area contributed by atoms with Crippen molar-refractivity contribution < 1.29 is 4.42 Å². The number of hydrogen-bond acceptors (Lipinski definition) is 4. The highest BCUT2D eigenvalue weighted by Crippen LogP contribution is 2.50. The van der Waals surface area contributed by atoms with Crippen molar-refractivity contribution in [3.63, 3.8) is 0 Å². The second-order valence-electron chi connectivity index (χ2n) is 16.8. The summed E-state index contributed by atoms with van der Waals surface area (Å²) in [5.41, 5.74) is 12.9. The van der Waals surface area contributed by atoms with E-state index in [4.69, 9.17) is 4.42 Å². The normalized spacial score (nSPS) is 11.6. The molecule has 2 heterocycles. The summed E-state index contributed by atoms with van der Waals surface area (Å²) in [6, 6.07) is 87.4. The Morgan fingerprint density at radius 3 is 1.67 bits per heavy atom. The minimum absolute atomic E-state index is 0.863. The number of thiophene rings is 1. The molecular weight excluding hydrogens is 821 g/mol. The molecule has 3 nitrogen and oxygen atoms in total. The lowest BCUT2D eigenvalue weighted by atomic mass is 9.96. The molecule has 0 radical (unpaired) electrons. The van der Waals surface area contributed by atoms with Gasteiger partial charge in [-0.15, -0.1) is 11.3 Å². The molecule has 11 aromatic carbocycles. The fourth-order valence-corrected chi connectivity index (χ4v) is 11.3. The molecule has 66 heavy (non-hydrogen) atoms. The second kappa shape index (κ2) is 15.7. The number of hydrogen-bond donors (Lipinski definition) is 0. The van der Waals surface area contributed by atoms with E-state index in [1.165, 1.54) is 52.8 Å². The first-order valence-electron chi connectivity index (χ1n) is 22.4. The van der Waals surface area contributed by atoms with Gasteiger partial charge in [0.15, 0.2) is 5.58 Å². The molecule has 0 spiro atoms. The van der Waals surface area contributed by atoms with Gasteiger partial charge in [0.1, 0.15) is 5.58 Å². The van der Waals surface area contributed by atoms with E-state index in [1.807, 2.05) is 17.4 Å². The lowest BCUT2D eigenvalue weighted by Gasteiger charge is -2.28. The summed E-state index contributed by atoms with van der Waals surface area (Å²) in [4.78, 5) is 4.76. The van der Waals surface area contributed by atoms with Gasteiger partial charge < -0.3 is 14.2 Å². The van der Waals surface area contributed by atoms with Gasteiger partial charge in [0.25, 0.3) is 0 Å². The van der Waals surface area contributed by atoms with Crippen LogP contribution in [0, 0.1) is 0 Å². The highest BCUT2D eigenvalue weighted by molar-refractivity contribution is 7.27. The predicted molar refractivity (Wildman–Crippen MR) is 282 cm³/mol. The maximum atomic E-state index is 6.75. The molecule has 0 bridgehead atoms. The lowest BCUT2D eigenvalue weighted by Crippen LogP contribution is -2.11. The van der Waals surface area contributed by atoms with Gasteiger partial charge in [0.05, 0.1) is 11.4 Å². The topological polar surface area (TPSA) is 19.6 Å². The molecule has 0 aliphatic carbocycles. The maximum absolute atomic E-state index is 6.75. The van der Waals surface area contributed by atoms with Crippen LogP contribution < -0.4 is 9.80 Å². The monoisotopic (exact) mass is 860 g/mol. The molecule has 0 saturated heterocycles. The average Bonchev–Trinajstić information content (AvgIpc) is 3.97. The van der Waals surface area contributed by atoms with E-state index in [1.54, 1.807) is 0 Å². The number of para-hydroxylation sites is 4. The molecule has 4 heteroatoms. The zero-order valence-electron chi connectivity index (χ0n) is 35.8. The first-order chi connectivity index (χ1) is 32.7. The van der Waals surface area contributed by atoms with Gasteiger partial charge in [-0.2, -0.15) is 0 Å². The fraction of sp³-hybridized carbons (Fsp3) is 0. The Morgan fingerprint density at radius 2 is 0.879 bits per heavy atom. The van der Waals surface area contributed by atoms with Crippen LogP contribution in [-0.4, -0.2) is 0 Å². The van der Waals surface area contributed by atoms with Crippen LogP contribution in [0.5, 0.6) is 0 Å². The third kappa shape index (κ3) is 6.26. The van der Waals surface area contributed by atoms with E-state index < -0.39 is 0 Å². The summed E-state index contributed by atoms with van der Waals surface area (Å²) in [6.45, 7) is 0. The van der Waals surface area contributed by atoms with Crippen LogP contribution in [0.2, 0.25) is 0 Å². The SMILES string of the molecule is c1ccc(-c2ccc(N(c3ccccc3)c3ccc4c(c3)c3ccccc3c3c5ccc(N(c6ccccc6-c6ccccc6)c6cccc7c6oc6ccccc67)cc5sc43)cc2)cc1. The summed E-state index contributed by atoms with van der Waals surface area (Å²) >= 11 is 1.88.